The molecule has 1 aromatic carbocycles. The molecule has 18 heavy (non-hydrogen) atoms. The molecule has 0 fully saturated rings. The number of hydrogen-bond donors (Lipinski definition) is 3. The van der Waals surface area contributed by atoms with Crippen molar-refractivity contribution in [2.24, 2.45) is 0 Å². The van der Waals surface area contributed by atoms with Gasteiger partial charge >= 0.3 is 0 Å². The van der Waals surface area contributed by atoms with Crippen molar-refractivity contribution in [3.8, 4) is 0 Å². The van der Waals surface area contributed by atoms with Crippen LogP contribution in [0.25, 0.3) is 0 Å². The zero-order valence-electron chi connectivity index (χ0n) is 10.4. The Balaban J connectivity index is 2.09. The molecular formula is C13H16N4O. The molecule has 3 N–H and O–H groups in total. The lowest BCUT2D eigenvalue weighted by molar-refractivity contribution is 0.102. The smallest absolute Gasteiger partial charge is 0.276 e. The van der Waals surface area contributed by atoms with Gasteiger partial charge in [0.25, 0.3) is 5.91 Å². The van der Waals surface area contributed by atoms with Gasteiger partial charge in [0.2, 0.25) is 0 Å². The first-order valence-electron chi connectivity index (χ1n) is 5.76. The molecule has 1 amide bonds. The van der Waals surface area contributed by atoms with Gasteiger partial charge in [0, 0.05) is 17.9 Å². The number of carbonyl (C=O) groups excluding carboxylic acids is 1. The number of H-pyrrole nitrogens is 1. The summed E-state index contributed by atoms with van der Waals surface area (Å²) in [6.45, 7) is 2.63. The fourth-order valence-electron chi connectivity index (χ4n) is 1.69. The molecule has 0 aliphatic heterocycles. The Kier molecular flexibility index (Phi) is 3.74. The molecule has 0 saturated carbocycles. The quantitative estimate of drug-likeness (QED) is 0.766. The van der Waals surface area contributed by atoms with E-state index in [-0.39, 0.29) is 5.91 Å². The lowest BCUT2D eigenvalue weighted by Crippen LogP contribution is -2.13. The summed E-state index contributed by atoms with van der Waals surface area (Å²) in [4.78, 5) is 11.9. The predicted octanol–water partition coefficient (Wildman–Crippen LogP) is 1.69. The molecular weight excluding hydrogens is 228 g/mol. The van der Waals surface area contributed by atoms with Crippen molar-refractivity contribution in [2.75, 3.05) is 12.4 Å². The Morgan fingerprint density at radius 1 is 1.39 bits per heavy atom. The lowest BCUT2D eigenvalue weighted by Gasteiger charge is -2.05. The molecule has 0 bridgehead atoms. The average molecular weight is 244 g/mol. The number of aromatic amines is 1. The predicted molar refractivity (Wildman–Crippen MR) is 70.5 cm³/mol. The Hall–Kier alpha value is -2.14. The third kappa shape index (κ3) is 2.95. The molecule has 0 saturated heterocycles. The first-order chi connectivity index (χ1) is 8.69. The molecule has 0 atom stereocenters. The number of aryl methyl sites for hydroxylation is 1. The Morgan fingerprint density at radius 2 is 2.22 bits per heavy atom. The number of rotatable bonds is 4. The zero-order valence-corrected chi connectivity index (χ0v) is 10.4. The largest absolute Gasteiger partial charge is 0.321 e. The van der Waals surface area contributed by atoms with E-state index in [1.165, 1.54) is 0 Å². The van der Waals surface area contributed by atoms with Crippen LogP contribution in [0.3, 0.4) is 0 Å². The summed E-state index contributed by atoms with van der Waals surface area (Å²) >= 11 is 0. The maximum atomic E-state index is 11.9. The van der Waals surface area contributed by atoms with E-state index >= 15 is 0 Å². The molecule has 5 nitrogen and oxygen atoms in total. The van der Waals surface area contributed by atoms with Crippen molar-refractivity contribution in [3.05, 3.63) is 47.3 Å². The van der Waals surface area contributed by atoms with Crippen LogP contribution < -0.4 is 10.6 Å². The highest BCUT2D eigenvalue weighted by Crippen LogP contribution is 2.12. The van der Waals surface area contributed by atoms with Crippen molar-refractivity contribution in [2.45, 2.75) is 13.5 Å². The summed E-state index contributed by atoms with van der Waals surface area (Å²) in [5, 5.41) is 12.6. The van der Waals surface area contributed by atoms with Crippen LogP contribution in [-0.2, 0) is 6.54 Å². The highest BCUT2D eigenvalue weighted by molar-refractivity contribution is 6.02. The van der Waals surface area contributed by atoms with Crippen molar-refractivity contribution < 1.29 is 4.79 Å². The Bertz CT molecular complexity index is 547. The van der Waals surface area contributed by atoms with Gasteiger partial charge in [0.05, 0.1) is 0 Å². The highest BCUT2D eigenvalue weighted by atomic mass is 16.1. The van der Waals surface area contributed by atoms with Gasteiger partial charge in [0.1, 0.15) is 0 Å². The number of nitrogens with zero attached hydrogens (tertiary/aromatic N) is 1. The molecule has 1 aromatic heterocycles. The second kappa shape index (κ2) is 5.46. The van der Waals surface area contributed by atoms with Crippen LogP contribution in [0.1, 0.15) is 21.7 Å². The molecule has 1 heterocycles. The molecule has 0 unspecified atom stereocenters. The third-order valence-corrected chi connectivity index (χ3v) is 2.50. The lowest BCUT2D eigenvalue weighted by atomic mass is 10.2. The average Bonchev–Trinajstić information content (AvgIpc) is 2.77. The summed E-state index contributed by atoms with van der Waals surface area (Å²) in [5.41, 5.74) is 3.15. The molecule has 5 heteroatoms. The maximum Gasteiger partial charge on any atom is 0.276 e. The summed E-state index contributed by atoms with van der Waals surface area (Å²) in [7, 11) is 1.89. The maximum absolute atomic E-state index is 11.9. The van der Waals surface area contributed by atoms with Gasteiger partial charge in [-0.2, -0.15) is 5.10 Å². The van der Waals surface area contributed by atoms with E-state index in [2.05, 4.69) is 20.8 Å². The number of benzene rings is 1. The van der Waals surface area contributed by atoms with Gasteiger partial charge in [-0.05, 0) is 37.7 Å². The van der Waals surface area contributed by atoms with E-state index in [1.807, 2.05) is 38.2 Å². The Morgan fingerprint density at radius 3 is 2.89 bits per heavy atom. The van der Waals surface area contributed by atoms with Crippen LogP contribution in [0.15, 0.2) is 30.3 Å². The molecule has 0 aliphatic rings. The van der Waals surface area contributed by atoms with E-state index in [1.54, 1.807) is 6.07 Å². The number of anilines is 1. The van der Waals surface area contributed by atoms with Crippen molar-refractivity contribution >= 4 is 11.6 Å². The minimum atomic E-state index is -0.207. The van der Waals surface area contributed by atoms with Crippen LogP contribution in [0.2, 0.25) is 0 Å². The first kappa shape index (κ1) is 12.3. The van der Waals surface area contributed by atoms with Crippen LogP contribution in [0.5, 0.6) is 0 Å². The fraction of sp³-hybridized carbons (Fsp3) is 0.231. The first-order valence-corrected chi connectivity index (χ1v) is 5.76. The van der Waals surface area contributed by atoms with Crippen molar-refractivity contribution in [1.29, 1.82) is 0 Å². The van der Waals surface area contributed by atoms with E-state index < -0.39 is 0 Å². The van der Waals surface area contributed by atoms with Gasteiger partial charge in [0.15, 0.2) is 5.69 Å². The zero-order chi connectivity index (χ0) is 13.0. The summed E-state index contributed by atoms with van der Waals surface area (Å²) in [6, 6.07) is 9.43. The molecule has 2 aromatic rings. The van der Waals surface area contributed by atoms with Gasteiger partial charge in [-0.15, -0.1) is 0 Å². The van der Waals surface area contributed by atoms with Crippen LogP contribution >= 0.6 is 0 Å². The second-order valence-corrected chi connectivity index (χ2v) is 4.12. The molecule has 94 valence electrons. The van der Waals surface area contributed by atoms with Crippen molar-refractivity contribution in [1.82, 2.24) is 15.5 Å². The standard InChI is InChI=1S/C13H16N4O/c1-9-6-12(17-16-9)13(18)15-11-5-3-4-10(7-11)8-14-2/h3-7,14H,8H2,1-2H3,(H,15,18)(H,16,17). The number of hydrogen-bond acceptors (Lipinski definition) is 3. The van der Waals surface area contributed by atoms with Crippen LogP contribution in [0.4, 0.5) is 5.69 Å². The van der Waals surface area contributed by atoms with E-state index in [9.17, 15) is 4.79 Å². The normalized spacial score (nSPS) is 10.3. The third-order valence-electron chi connectivity index (χ3n) is 2.50. The SMILES string of the molecule is CNCc1cccc(NC(=O)c2cc(C)[nH]n2)c1. The van der Waals surface area contributed by atoms with Gasteiger partial charge in [-0.3, -0.25) is 9.89 Å². The van der Waals surface area contributed by atoms with Gasteiger partial charge in [-0.25, -0.2) is 0 Å². The van der Waals surface area contributed by atoms with Crippen molar-refractivity contribution in [3.63, 3.8) is 0 Å². The summed E-state index contributed by atoms with van der Waals surface area (Å²) in [6.07, 6.45) is 0. The number of carbonyl (C=O) groups is 1. The monoisotopic (exact) mass is 244 g/mol. The molecule has 0 spiro atoms. The van der Waals surface area contributed by atoms with Gasteiger partial charge < -0.3 is 10.6 Å². The van der Waals surface area contributed by atoms with Gasteiger partial charge in [-0.1, -0.05) is 12.1 Å². The van der Waals surface area contributed by atoms with E-state index in [4.69, 9.17) is 0 Å². The topological polar surface area (TPSA) is 69.8 Å². The second-order valence-electron chi connectivity index (χ2n) is 4.12. The molecule has 0 aliphatic carbocycles. The van der Waals surface area contributed by atoms with E-state index in [0.717, 1.165) is 23.5 Å². The molecule has 2 rings (SSSR count). The van der Waals surface area contributed by atoms with Crippen LogP contribution in [0, 0.1) is 6.92 Å². The Labute approximate surface area is 106 Å². The molecule has 0 radical (unpaired) electrons. The summed E-state index contributed by atoms with van der Waals surface area (Å²) in [5.74, 6) is -0.207. The minimum Gasteiger partial charge on any atom is -0.321 e. The fourth-order valence-corrected chi connectivity index (χ4v) is 1.69. The summed E-state index contributed by atoms with van der Waals surface area (Å²) < 4.78 is 0. The number of aromatic nitrogens is 2. The number of nitrogens with one attached hydrogen (secondary N) is 3. The minimum absolute atomic E-state index is 0.207. The van der Waals surface area contributed by atoms with E-state index in [0.29, 0.717) is 5.69 Å². The van der Waals surface area contributed by atoms with Crippen LogP contribution in [-0.4, -0.2) is 23.2 Å². The highest BCUT2D eigenvalue weighted by Gasteiger charge is 2.09. The number of amides is 1.